The summed E-state index contributed by atoms with van der Waals surface area (Å²) in [5.41, 5.74) is 1.94. The molecule has 5 heteroatoms. The second-order valence-electron chi connectivity index (χ2n) is 4.87. The van der Waals surface area contributed by atoms with E-state index in [9.17, 15) is 0 Å². The maximum absolute atomic E-state index is 4.65. The maximum Gasteiger partial charge on any atom is 0.0998 e. The fourth-order valence-electron chi connectivity index (χ4n) is 2.15. The minimum absolute atomic E-state index is 0.953. The molecule has 0 saturated carbocycles. The molecule has 1 N–H and O–H groups in total. The van der Waals surface area contributed by atoms with Gasteiger partial charge in [0.25, 0.3) is 0 Å². The molecule has 0 saturated heterocycles. The van der Waals surface area contributed by atoms with Crippen molar-refractivity contribution in [1.82, 2.24) is 20.2 Å². The molecular weight excluding hydrogens is 280 g/mol. The van der Waals surface area contributed by atoms with Crippen molar-refractivity contribution < 1.29 is 0 Å². The van der Waals surface area contributed by atoms with Crippen molar-refractivity contribution in [3.63, 3.8) is 0 Å². The second-order valence-corrected chi connectivity index (χ2v) is 5.81. The molecule has 0 amide bonds. The Morgan fingerprint density at radius 2 is 2.00 bits per heavy atom. The van der Waals surface area contributed by atoms with Gasteiger partial charge in [0.15, 0.2) is 0 Å². The predicted octanol–water partition coefficient (Wildman–Crippen LogP) is 2.68. The highest BCUT2D eigenvalue weighted by Gasteiger charge is 2.05. The molecule has 4 nitrogen and oxygen atoms in total. The largest absolute Gasteiger partial charge is 0.315 e. The Morgan fingerprint density at radius 1 is 1.14 bits per heavy atom. The number of nitrogens with zero attached hydrogens (tertiary/aromatic N) is 3. The van der Waals surface area contributed by atoms with Crippen LogP contribution in [0.4, 0.5) is 0 Å². The zero-order valence-corrected chi connectivity index (χ0v) is 13.7. The summed E-state index contributed by atoms with van der Waals surface area (Å²) in [5.74, 6) is 0. The summed E-state index contributed by atoms with van der Waals surface area (Å²) in [7, 11) is 0. The lowest BCUT2D eigenvalue weighted by Crippen LogP contribution is -2.32. The molecule has 0 aromatic carbocycles. The molecule has 0 radical (unpaired) electrons. The Hall–Kier alpha value is -1.30. The third kappa shape index (κ3) is 5.19. The third-order valence-corrected chi connectivity index (χ3v) is 4.40. The number of aromatic nitrogens is 2. The fourth-order valence-corrected chi connectivity index (χ4v) is 2.95. The average molecular weight is 304 g/mol. The van der Waals surface area contributed by atoms with Crippen LogP contribution in [0.15, 0.2) is 29.8 Å². The summed E-state index contributed by atoms with van der Waals surface area (Å²) in [5, 5.41) is 6.75. The first kappa shape index (κ1) is 16.1. The second kappa shape index (κ2) is 8.87. The first-order chi connectivity index (χ1) is 10.3. The molecule has 0 aliphatic rings. The molecule has 114 valence electrons. The molecule has 0 fully saturated rings. The van der Waals surface area contributed by atoms with Crippen molar-refractivity contribution in [3.8, 4) is 11.4 Å². The van der Waals surface area contributed by atoms with Crippen LogP contribution in [0.25, 0.3) is 11.4 Å². The van der Waals surface area contributed by atoms with Gasteiger partial charge in [0.2, 0.25) is 0 Å². The maximum atomic E-state index is 4.65. The van der Waals surface area contributed by atoms with Gasteiger partial charge in [-0.2, -0.15) is 0 Å². The monoisotopic (exact) mass is 304 g/mol. The Kier molecular flexibility index (Phi) is 6.79. The van der Waals surface area contributed by atoms with Crippen LogP contribution >= 0.6 is 11.3 Å². The van der Waals surface area contributed by atoms with Crippen LogP contribution in [0, 0.1) is 0 Å². The molecule has 2 aromatic rings. The smallest absolute Gasteiger partial charge is 0.0998 e. The molecule has 2 aromatic heterocycles. The van der Waals surface area contributed by atoms with Gasteiger partial charge in [0.1, 0.15) is 0 Å². The van der Waals surface area contributed by atoms with E-state index in [4.69, 9.17) is 0 Å². The highest BCUT2D eigenvalue weighted by Crippen LogP contribution is 2.19. The molecular formula is C16H24N4S. The highest BCUT2D eigenvalue weighted by molar-refractivity contribution is 7.09. The summed E-state index contributed by atoms with van der Waals surface area (Å²) in [6.07, 6.45) is 2.79. The van der Waals surface area contributed by atoms with Gasteiger partial charge in [-0.3, -0.25) is 4.98 Å². The van der Waals surface area contributed by atoms with E-state index in [1.165, 1.54) is 5.01 Å². The molecule has 0 aliphatic carbocycles. The van der Waals surface area contributed by atoms with Gasteiger partial charge in [-0.1, -0.05) is 19.9 Å². The number of thiazole rings is 1. The SMILES string of the molecule is CCN(CC)CCNCCc1nc(-c2ccccn2)cs1. The number of hydrogen-bond acceptors (Lipinski definition) is 5. The summed E-state index contributed by atoms with van der Waals surface area (Å²) in [6.45, 7) is 9.80. The van der Waals surface area contributed by atoms with E-state index in [-0.39, 0.29) is 0 Å². The van der Waals surface area contributed by atoms with Gasteiger partial charge in [-0.05, 0) is 25.2 Å². The summed E-state index contributed by atoms with van der Waals surface area (Å²) < 4.78 is 0. The van der Waals surface area contributed by atoms with Crippen LogP contribution in [0.1, 0.15) is 18.9 Å². The zero-order chi connectivity index (χ0) is 14.9. The van der Waals surface area contributed by atoms with Gasteiger partial charge in [0.05, 0.1) is 16.4 Å². The van der Waals surface area contributed by atoms with Crippen LogP contribution in [0.2, 0.25) is 0 Å². The lowest BCUT2D eigenvalue weighted by atomic mass is 10.3. The standard InChI is InChI=1S/C16H24N4S/c1-3-20(4-2)12-11-17-10-8-16-19-15(13-21-16)14-7-5-6-9-18-14/h5-7,9,13,17H,3-4,8,10-12H2,1-2H3. The zero-order valence-electron chi connectivity index (χ0n) is 12.9. The number of hydrogen-bond donors (Lipinski definition) is 1. The summed E-state index contributed by atoms with van der Waals surface area (Å²) in [6, 6.07) is 5.92. The van der Waals surface area contributed by atoms with Gasteiger partial charge >= 0.3 is 0 Å². The minimum atomic E-state index is 0.953. The molecule has 0 unspecified atom stereocenters. The van der Waals surface area contributed by atoms with Crippen molar-refractivity contribution in [3.05, 3.63) is 34.8 Å². The molecule has 0 spiro atoms. The van der Waals surface area contributed by atoms with Crippen LogP contribution in [0.3, 0.4) is 0 Å². The highest BCUT2D eigenvalue weighted by atomic mass is 32.1. The number of nitrogens with one attached hydrogen (secondary N) is 1. The first-order valence-corrected chi connectivity index (χ1v) is 8.50. The van der Waals surface area contributed by atoms with Gasteiger partial charge in [-0.15, -0.1) is 11.3 Å². The Bertz CT molecular complexity index is 508. The minimum Gasteiger partial charge on any atom is -0.315 e. The van der Waals surface area contributed by atoms with E-state index >= 15 is 0 Å². The van der Waals surface area contributed by atoms with Gasteiger partial charge in [0, 0.05) is 37.6 Å². The van der Waals surface area contributed by atoms with Crippen LogP contribution in [0.5, 0.6) is 0 Å². The van der Waals surface area contributed by atoms with E-state index in [1.807, 2.05) is 24.4 Å². The molecule has 0 atom stereocenters. The fraction of sp³-hybridized carbons (Fsp3) is 0.500. The average Bonchev–Trinajstić information content (AvgIpc) is 3.01. The van der Waals surface area contributed by atoms with Crippen molar-refractivity contribution in [2.75, 3.05) is 32.7 Å². The number of likely N-dealkylation sites (N-methyl/N-ethyl adjacent to an activating group) is 1. The van der Waals surface area contributed by atoms with E-state index in [1.54, 1.807) is 11.3 Å². The molecule has 2 rings (SSSR count). The van der Waals surface area contributed by atoms with Gasteiger partial charge in [-0.25, -0.2) is 4.98 Å². The molecule has 0 aliphatic heterocycles. The van der Waals surface area contributed by atoms with Crippen molar-refractivity contribution >= 4 is 11.3 Å². The molecule has 2 heterocycles. The molecule has 0 bridgehead atoms. The Morgan fingerprint density at radius 3 is 2.71 bits per heavy atom. The molecule has 21 heavy (non-hydrogen) atoms. The summed E-state index contributed by atoms with van der Waals surface area (Å²) >= 11 is 1.72. The Labute approximate surface area is 131 Å². The van der Waals surface area contributed by atoms with Crippen LogP contribution in [-0.4, -0.2) is 47.6 Å². The van der Waals surface area contributed by atoms with Crippen molar-refractivity contribution in [2.24, 2.45) is 0 Å². The predicted molar refractivity (Wildman–Crippen MR) is 89.7 cm³/mol. The van der Waals surface area contributed by atoms with E-state index in [0.717, 1.165) is 50.5 Å². The van der Waals surface area contributed by atoms with E-state index < -0.39 is 0 Å². The Balaban J connectivity index is 1.71. The first-order valence-electron chi connectivity index (χ1n) is 7.62. The number of rotatable bonds is 9. The van der Waals surface area contributed by atoms with Crippen LogP contribution in [-0.2, 0) is 6.42 Å². The van der Waals surface area contributed by atoms with Gasteiger partial charge < -0.3 is 10.2 Å². The number of pyridine rings is 1. The van der Waals surface area contributed by atoms with E-state index in [2.05, 4.69) is 39.4 Å². The van der Waals surface area contributed by atoms with Crippen LogP contribution < -0.4 is 5.32 Å². The normalized spacial score (nSPS) is 11.2. The lowest BCUT2D eigenvalue weighted by molar-refractivity contribution is 0.303. The van der Waals surface area contributed by atoms with Crippen molar-refractivity contribution in [1.29, 1.82) is 0 Å². The van der Waals surface area contributed by atoms with E-state index in [0.29, 0.717) is 0 Å². The third-order valence-electron chi connectivity index (χ3n) is 3.49. The summed E-state index contributed by atoms with van der Waals surface area (Å²) in [4.78, 5) is 11.4. The quantitative estimate of drug-likeness (QED) is 0.723. The lowest BCUT2D eigenvalue weighted by Gasteiger charge is -2.17. The van der Waals surface area contributed by atoms with Crippen molar-refractivity contribution in [2.45, 2.75) is 20.3 Å². The topological polar surface area (TPSA) is 41.0 Å².